The second-order valence-electron chi connectivity index (χ2n) is 2.49. The summed E-state index contributed by atoms with van der Waals surface area (Å²) in [6.07, 6.45) is 0. The number of hydrogen-bond donors (Lipinski definition) is 1. The maximum Gasteiger partial charge on any atom is 0.0444 e. The third-order valence-corrected chi connectivity index (χ3v) is 1.67. The van der Waals surface area contributed by atoms with E-state index in [-0.39, 0.29) is 0 Å². The zero-order valence-electron chi connectivity index (χ0n) is 6.71. The van der Waals surface area contributed by atoms with Gasteiger partial charge in [0.15, 0.2) is 0 Å². The zero-order chi connectivity index (χ0) is 8.10. The maximum absolute atomic E-state index is 5.39. The van der Waals surface area contributed by atoms with E-state index in [9.17, 15) is 0 Å². The van der Waals surface area contributed by atoms with Crippen LogP contribution < -0.4 is 5.73 Å². The Morgan fingerprint density at radius 3 is 2.36 bits per heavy atom. The molecule has 0 saturated heterocycles. The third kappa shape index (κ3) is 2.32. The Balaban J connectivity index is 2.36. The van der Waals surface area contributed by atoms with Crippen LogP contribution >= 0.6 is 0 Å². The van der Waals surface area contributed by atoms with Crippen molar-refractivity contribution in [2.75, 3.05) is 32.7 Å². The molecule has 0 aromatic heterocycles. The van der Waals surface area contributed by atoms with E-state index >= 15 is 0 Å². The highest BCUT2D eigenvalue weighted by atomic mass is 15.2. The molecular weight excluding hydrogens is 138 g/mol. The molecule has 1 radical (unpaired) electrons. The quantitative estimate of drug-likeness (QED) is 0.544. The second kappa shape index (κ2) is 4.09. The Kier molecular flexibility index (Phi) is 3.06. The van der Waals surface area contributed by atoms with Gasteiger partial charge in [-0.1, -0.05) is 0 Å². The van der Waals surface area contributed by atoms with Crippen LogP contribution in [-0.2, 0) is 0 Å². The molecule has 1 aliphatic rings. The summed E-state index contributed by atoms with van der Waals surface area (Å²) in [5.41, 5.74) is 5.39. The van der Waals surface area contributed by atoms with E-state index < -0.39 is 0 Å². The van der Waals surface area contributed by atoms with Gasteiger partial charge in [0.25, 0.3) is 0 Å². The lowest BCUT2D eigenvalue weighted by Crippen LogP contribution is -2.37. The fraction of sp³-hybridized carbons (Fsp3) is 0.625. The van der Waals surface area contributed by atoms with Crippen molar-refractivity contribution in [3.8, 4) is 12.1 Å². The van der Waals surface area contributed by atoms with Gasteiger partial charge in [-0.2, -0.15) is 0 Å². The number of rotatable bonds is 3. The number of hydrogen-bond acceptors (Lipinski definition) is 3. The van der Waals surface area contributed by atoms with Crippen LogP contribution in [0.15, 0.2) is 0 Å². The van der Waals surface area contributed by atoms with Gasteiger partial charge in [0, 0.05) is 44.8 Å². The van der Waals surface area contributed by atoms with Gasteiger partial charge >= 0.3 is 0 Å². The summed E-state index contributed by atoms with van der Waals surface area (Å²) in [6.45, 7) is 8.05. The predicted molar refractivity (Wildman–Crippen MR) is 45.3 cm³/mol. The fourth-order valence-electron chi connectivity index (χ4n) is 0.986. The van der Waals surface area contributed by atoms with Crippen LogP contribution in [0.25, 0.3) is 0 Å². The molecule has 3 heteroatoms. The molecule has 1 aliphatic heterocycles. The van der Waals surface area contributed by atoms with Crippen molar-refractivity contribution in [1.82, 2.24) is 9.80 Å². The fourth-order valence-corrected chi connectivity index (χ4v) is 0.986. The summed E-state index contributed by atoms with van der Waals surface area (Å²) in [5, 5.41) is 0. The largest absolute Gasteiger partial charge is 0.329 e. The Bertz CT molecular complexity index is 168. The highest BCUT2D eigenvalue weighted by molar-refractivity contribution is 5.02. The molecule has 0 spiro atoms. The van der Waals surface area contributed by atoms with Crippen molar-refractivity contribution < 1.29 is 0 Å². The van der Waals surface area contributed by atoms with Crippen LogP contribution in [0, 0.1) is 19.0 Å². The molecule has 2 N–H and O–H groups in total. The van der Waals surface area contributed by atoms with Gasteiger partial charge in [-0.15, -0.1) is 0 Å². The molecule has 1 rings (SSSR count). The molecule has 0 saturated carbocycles. The molecule has 0 aromatic carbocycles. The minimum Gasteiger partial charge on any atom is -0.329 e. The lowest BCUT2D eigenvalue weighted by atomic mass is 10.4. The van der Waals surface area contributed by atoms with Crippen LogP contribution in [-0.4, -0.2) is 42.5 Å². The van der Waals surface area contributed by atoms with Crippen molar-refractivity contribution in [1.29, 1.82) is 0 Å². The second-order valence-corrected chi connectivity index (χ2v) is 2.49. The van der Waals surface area contributed by atoms with Crippen LogP contribution in [0.3, 0.4) is 0 Å². The summed E-state index contributed by atoms with van der Waals surface area (Å²) in [6, 6.07) is 6.01. The highest BCUT2D eigenvalue weighted by Crippen LogP contribution is 1.94. The van der Waals surface area contributed by atoms with Crippen molar-refractivity contribution in [2.24, 2.45) is 5.73 Å². The molecule has 61 valence electrons. The Hall–Kier alpha value is -0.880. The van der Waals surface area contributed by atoms with Gasteiger partial charge in [0.1, 0.15) is 0 Å². The van der Waals surface area contributed by atoms with Crippen LogP contribution in [0.5, 0.6) is 0 Å². The smallest absolute Gasteiger partial charge is 0.0444 e. The lowest BCUT2D eigenvalue weighted by molar-refractivity contribution is 0.313. The molecule has 0 bridgehead atoms. The van der Waals surface area contributed by atoms with E-state index in [2.05, 4.69) is 19.0 Å². The number of nitrogens with two attached hydrogens (primary N) is 1. The maximum atomic E-state index is 5.39. The van der Waals surface area contributed by atoms with E-state index in [1.54, 1.807) is 0 Å². The molecule has 1 heterocycles. The van der Waals surface area contributed by atoms with Crippen LogP contribution in [0.2, 0.25) is 0 Å². The summed E-state index contributed by atoms with van der Waals surface area (Å²) in [7, 11) is 0. The molecular formula is C8H14N3. The van der Waals surface area contributed by atoms with E-state index in [1.807, 2.05) is 9.80 Å². The van der Waals surface area contributed by atoms with Crippen LogP contribution in [0.1, 0.15) is 0 Å². The topological polar surface area (TPSA) is 32.5 Å². The van der Waals surface area contributed by atoms with Crippen molar-refractivity contribution in [3.63, 3.8) is 0 Å². The van der Waals surface area contributed by atoms with E-state index in [1.165, 1.54) is 0 Å². The average molecular weight is 152 g/mol. The monoisotopic (exact) mass is 152 g/mol. The Labute approximate surface area is 68.1 Å². The van der Waals surface area contributed by atoms with Gasteiger partial charge in [0.2, 0.25) is 0 Å². The molecule has 0 unspecified atom stereocenters. The molecule has 0 aromatic rings. The first-order chi connectivity index (χ1) is 5.36. The Morgan fingerprint density at radius 2 is 1.91 bits per heavy atom. The van der Waals surface area contributed by atoms with Crippen LogP contribution in [0.4, 0.5) is 0 Å². The molecule has 3 nitrogen and oxygen atoms in total. The van der Waals surface area contributed by atoms with Crippen molar-refractivity contribution >= 4 is 0 Å². The van der Waals surface area contributed by atoms with Crippen molar-refractivity contribution in [2.45, 2.75) is 0 Å². The van der Waals surface area contributed by atoms with E-state index in [0.29, 0.717) is 6.54 Å². The van der Waals surface area contributed by atoms with Gasteiger partial charge in [-0.3, -0.25) is 0 Å². The molecule has 0 fully saturated rings. The minimum atomic E-state index is 0.680. The molecule has 0 aliphatic carbocycles. The highest BCUT2D eigenvalue weighted by Gasteiger charge is 2.05. The van der Waals surface area contributed by atoms with Gasteiger partial charge in [-0.05, 0) is 6.92 Å². The normalized spacial score (nSPS) is 16.2. The summed E-state index contributed by atoms with van der Waals surface area (Å²) in [5.74, 6) is 0. The average Bonchev–Trinajstić information content (AvgIpc) is 2.07. The summed E-state index contributed by atoms with van der Waals surface area (Å²) < 4.78 is 0. The van der Waals surface area contributed by atoms with E-state index in [0.717, 1.165) is 26.2 Å². The lowest BCUT2D eigenvalue weighted by Gasteiger charge is -2.25. The Morgan fingerprint density at radius 1 is 1.27 bits per heavy atom. The summed E-state index contributed by atoms with van der Waals surface area (Å²) >= 11 is 0. The SMILES string of the molecule is [CH2]CN1C#CN(CCN)CC1. The van der Waals surface area contributed by atoms with Gasteiger partial charge in [0.05, 0.1) is 0 Å². The number of nitrogens with zero attached hydrogens (tertiary/aromatic N) is 2. The van der Waals surface area contributed by atoms with Gasteiger partial charge in [-0.25, -0.2) is 0 Å². The first-order valence-corrected chi connectivity index (χ1v) is 3.87. The molecule has 0 amide bonds. The first kappa shape index (κ1) is 8.22. The summed E-state index contributed by atoms with van der Waals surface area (Å²) in [4.78, 5) is 4.05. The standard InChI is InChI=1S/C8H14N3/c1-2-10-5-7-11(4-3-9)8-6-10/h1-5,7,9H2. The minimum absolute atomic E-state index is 0.680. The van der Waals surface area contributed by atoms with Gasteiger partial charge < -0.3 is 15.5 Å². The molecule has 11 heavy (non-hydrogen) atoms. The third-order valence-electron chi connectivity index (χ3n) is 1.67. The zero-order valence-corrected chi connectivity index (χ0v) is 6.71. The first-order valence-electron chi connectivity index (χ1n) is 3.87. The molecule has 0 atom stereocenters. The predicted octanol–water partition coefficient (Wildman–Crippen LogP) is -0.685. The van der Waals surface area contributed by atoms with E-state index in [4.69, 9.17) is 5.73 Å². The van der Waals surface area contributed by atoms with Crippen molar-refractivity contribution in [3.05, 3.63) is 6.92 Å².